The lowest BCUT2D eigenvalue weighted by Gasteiger charge is -2.16. The van der Waals surface area contributed by atoms with Crippen LogP contribution in [0.5, 0.6) is 0 Å². The first-order valence-corrected chi connectivity index (χ1v) is 13.5. The summed E-state index contributed by atoms with van der Waals surface area (Å²) >= 11 is 2.74. The highest BCUT2D eigenvalue weighted by atomic mass is 32.1. The number of aryl methyl sites for hydroxylation is 3. The third-order valence-corrected chi connectivity index (χ3v) is 9.28. The molecule has 6 nitrogen and oxygen atoms in total. The Kier molecular flexibility index (Phi) is 5.57. The number of pyridine rings is 1. The fourth-order valence-electron chi connectivity index (χ4n) is 5.21. The second-order valence-corrected chi connectivity index (χ2v) is 11.1. The molecule has 0 atom stereocenters. The number of ether oxygens (including phenoxy) is 1. The van der Waals surface area contributed by atoms with Gasteiger partial charge in [0.1, 0.15) is 14.7 Å². The summed E-state index contributed by atoms with van der Waals surface area (Å²) in [6, 6.07) is 10.3. The topological polar surface area (TPSA) is 94.3 Å². The van der Waals surface area contributed by atoms with Crippen molar-refractivity contribution in [1.82, 2.24) is 4.98 Å². The summed E-state index contributed by atoms with van der Waals surface area (Å²) in [5.74, 6) is -0.760. The number of aromatic nitrogens is 1. The predicted molar refractivity (Wildman–Crippen MR) is 142 cm³/mol. The molecule has 1 aromatic carbocycles. The minimum atomic E-state index is -0.438. The molecule has 3 heterocycles. The number of carbonyl (C=O) groups excluding carboxylic acids is 2. The number of fused-ring (bicyclic) bond motifs is 5. The van der Waals surface area contributed by atoms with Crippen LogP contribution in [-0.4, -0.2) is 24.0 Å². The van der Waals surface area contributed by atoms with Gasteiger partial charge in [0.2, 0.25) is 0 Å². The molecule has 0 unspecified atom stereocenters. The average Bonchev–Trinajstić information content (AvgIpc) is 3.29. The number of nitrogen functional groups attached to an aromatic ring is 1. The van der Waals surface area contributed by atoms with Crippen molar-refractivity contribution in [2.45, 2.75) is 44.9 Å². The molecular formula is C27H25N3O3S2. The van der Waals surface area contributed by atoms with E-state index < -0.39 is 5.97 Å². The molecule has 0 saturated carbocycles. The van der Waals surface area contributed by atoms with Gasteiger partial charge in [-0.1, -0.05) is 30.7 Å². The summed E-state index contributed by atoms with van der Waals surface area (Å²) in [6.07, 6.45) is 7.04. The van der Waals surface area contributed by atoms with Crippen LogP contribution in [0.2, 0.25) is 0 Å². The van der Waals surface area contributed by atoms with Crippen LogP contribution in [0.15, 0.2) is 30.3 Å². The highest BCUT2D eigenvalue weighted by molar-refractivity contribution is 7.22. The van der Waals surface area contributed by atoms with Crippen molar-refractivity contribution in [3.05, 3.63) is 63.2 Å². The van der Waals surface area contributed by atoms with Gasteiger partial charge in [0, 0.05) is 16.0 Å². The van der Waals surface area contributed by atoms with Crippen molar-refractivity contribution in [1.29, 1.82) is 0 Å². The lowest BCUT2D eigenvalue weighted by Crippen LogP contribution is -2.15. The molecule has 0 bridgehead atoms. The summed E-state index contributed by atoms with van der Waals surface area (Å²) in [5, 5.41) is 4.34. The van der Waals surface area contributed by atoms with Crippen LogP contribution in [-0.2, 0) is 30.4 Å². The number of amides is 1. The van der Waals surface area contributed by atoms with Gasteiger partial charge in [-0.2, -0.15) is 0 Å². The smallest absolute Gasteiger partial charge is 0.341 e. The molecule has 0 fully saturated rings. The first-order chi connectivity index (χ1) is 17.0. The lowest BCUT2D eigenvalue weighted by molar-refractivity contribution is 0.0601. The van der Waals surface area contributed by atoms with Crippen molar-refractivity contribution >= 4 is 55.5 Å². The number of hydrogen-bond acceptors (Lipinski definition) is 7. The normalized spacial score (nSPS) is 14.5. The standard InChI is InChI=1S/C27H25N3O3S2/c1-33-27(32)20-17-12-11-14-7-5-6-9-16(14)22(17)34-26(20)30-24(31)23-21(28)18-13-15-8-3-2-4-10-19(15)29-25(18)35-23/h5-7,9,13H,2-4,8,10-12,28H2,1H3,(H,30,31). The molecular weight excluding hydrogens is 478 g/mol. The number of nitrogens with one attached hydrogen (secondary N) is 1. The third-order valence-electron chi connectivity index (χ3n) is 6.99. The number of hydrogen-bond donors (Lipinski definition) is 2. The number of esters is 1. The van der Waals surface area contributed by atoms with E-state index in [9.17, 15) is 9.59 Å². The molecule has 1 amide bonds. The second-order valence-electron chi connectivity index (χ2n) is 9.07. The largest absolute Gasteiger partial charge is 0.465 e. The lowest BCUT2D eigenvalue weighted by atomic mass is 9.89. The van der Waals surface area contributed by atoms with Gasteiger partial charge in [-0.3, -0.25) is 4.79 Å². The maximum atomic E-state index is 13.4. The number of nitrogens with zero attached hydrogens (tertiary/aromatic N) is 1. The van der Waals surface area contributed by atoms with E-state index in [1.807, 2.05) is 12.1 Å². The molecule has 178 valence electrons. The van der Waals surface area contributed by atoms with E-state index in [0.29, 0.717) is 21.1 Å². The molecule has 4 aromatic rings. The van der Waals surface area contributed by atoms with Crippen LogP contribution in [0.4, 0.5) is 10.7 Å². The summed E-state index contributed by atoms with van der Waals surface area (Å²) in [4.78, 5) is 33.3. The number of methoxy groups -OCH3 is 1. The zero-order chi connectivity index (χ0) is 24.1. The van der Waals surface area contributed by atoms with Gasteiger partial charge in [0.05, 0.1) is 18.4 Å². The predicted octanol–water partition coefficient (Wildman–Crippen LogP) is 6.01. The van der Waals surface area contributed by atoms with E-state index in [0.717, 1.165) is 70.4 Å². The molecule has 35 heavy (non-hydrogen) atoms. The summed E-state index contributed by atoms with van der Waals surface area (Å²) in [5.41, 5.74) is 13.0. The Labute approximate surface area is 211 Å². The minimum Gasteiger partial charge on any atom is -0.465 e. The van der Waals surface area contributed by atoms with E-state index >= 15 is 0 Å². The summed E-state index contributed by atoms with van der Waals surface area (Å²) < 4.78 is 5.10. The molecule has 0 aliphatic heterocycles. The van der Waals surface area contributed by atoms with Gasteiger partial charge in [-0.05, 0) is 66.8 Å². The Morgan fingerprint density at radius 3 is 2.71 bits per heavy atom. The van der Waals surface area contributed by atoms with Gasteiger partial charge in [0.25, 0.3) is 5.91 Å². The molecule has 3 aromatic heterocycles. The highest BCUT2D eigenvalue weighted by Crippen LogP contribution is 2.46. The van der Waals surface area contributed by atoms with Gasteiger partial charge in [0.15, 0.2) is 0 Å². The Morgan fingerprint density at radius 2 is 1.86 bits per heavy atom. The van der Waals surface area contributed by atoms with E-state index in [1.165, 1.54) is 47.3 Å². The number of thiophene rings is 2. The molecule has 0 spiro atoms. The van der Waals surface area contributed by atoms with Gasteiger partial charge >= 0.3 is 5.97 Å². The Morgan fingerprint density at radius 1 is 1.03 bits per heavy atom. The minimum absolute atomic E-state index is 0.322. The zero-order valence-corrected chi connectivity index (χ0v) is 21.0. The van der Waals surface area contributed by atoms with Gasteiger partial charge in [-0.25, -0.2) is 9.78 Å². The van der Waals surface area contributed by atoms with E-state index in [-0.39, 0.29) is 5.91 Å². The number of nitrogens with two attached hydrogens (primary N) is 1. The van der Waals surface area contributed by atoms with Gasteiger partial charge < -0.3 is 15.8 Å². The molecule has 2 aliphatic rings. The van der Waals surface area contributed by atoms with Crippen molar-refractivity contribution in [3.8, 4) is 10.4 Å². The van der Waals surface area contributed by atoms with Crippen LogP contribution in [0.1, 0.15) is 61.7 Å². The fourth-order valence-corrected chi connectivity index (χ4v) is 7.50. The Bertz CT molecular complexity index is 1500. The molecule has 8 heteroatoms. The van der Waals surface area contributed by atoms with Crippen molar-refractivity contribution in [3.63, 3.8) is 0 Å². The monoisotopic (exact) mass is 503 g/mol. The maximum Gasteiger partial charge on any atom is 0.341 e. The number of anilines is 2. The van der Waals surface area contributed by atoms with Gasteiger partial charge in [-0.15, -0.1) is 22.7 Å². The SMILES string of the molecule is COC(=O)c1c(NC(=O)c2sc3nc4c(cc3c2N)CCCCC4)sc2c1CCc1ccccc1-2. The van der Waals surface area contributed by atoms with E-state index in [2.05, 4.69) is 23.5 Å². The third kappa shape index (κ3) is 3.72. The Hall–Kier alpha value is -3.23. The first-order valence-electron chi connectivity index (χ1n) is 11.9. The maximum absolute atomic E-state index is 13.4. The van der Waals surface area contributed by atoms with Crippen molar-refractivity contribution < 1.29 is 14.3 Å². The summed E-state index contributed by atoms with van der Waals surface area (Å²) in [7, 11) is 1.37. The molecule has 2 aliphatic carbocycles. The molecule has 3 N–H and O–H groups in total. The van der Waals surface area contributed by atoms with Crippen molar-refractivity contribution in [2.75, 3.05) is 18.2 Å². The van der Waals surface area contributed by atoms with Crippen LogP contribution in [0.3, 0.4) is 0 Å². The number of rotatable bonds is 3. The zero-order valence-electron chi connectivity index (χ0n) is 19.4. The number of benzene rings is 1. The van der Waals surface area contributed by atoms with Crippen LogP contribution >= 0.6 is 22.7 Å². The van der Waals surface area contributed by atoms with Crippen LogP contribution < -0.4 is 11.1 Å². The van der Waals surface area contributed by atoms with Crippen molar-refractivity contribution in [2.24, 2.45) is 0 Å². The fraction of sp³-hybridized carbons (Fsp3) is 0.296. The molecule has 6 rings (SSSR count). The van der Waals surface area contributed by atoms with E-state index in [1.54, 1.807) is 0 Å². The highest BCUT2D eigenvalue weighted by Gasteiger charge is 2.30. The summed E-state index contributed by atoms with van der Waals surface area (Å²) in [6.45, 7) is 0. The molecule has 0 radical (unpaired) electrons. The Balaban J connectivity index is 1.40. The quantitative estimate of drug-likeness (QED) is 0.264. The molecule has 0 saturated heterocycles. The average molecular weight is 504 g/mol. The van der Waals surface area contributed by atoms with Crippen LogP contribution in [0.25, 0.3) is 20.7 Å². The number of carbonyl (C=O) groups is 2. The second kappa shape index (κ2) is 8.77. The van der Waals surface area contributed by atoms with Crippen LogP contribution in [0, 0.1) is 0 Å². The first kappa shape index (κ1) is 22.2. The van der Waals surface area contributed by atoms with E-state index in [4.69, 9.17) is 15.5 Å².